The van der Waals surface area contributed by atoms with Crippen LogP contribution in [0.5, 0.6) is 0 Å². The summed E-state index contributed by atoms with van der Waals surface area (Å²) in [6.45, 7) is 0. The number of aromatic nitrogens is 4. The second-order valence-corrected chi connectivity index (χ2v) is 11.3. The SMILES string of the molecule is c1ccc(-c2nc(-c3cc4ccccc4c4ccccc34)nc(-c3cccc4c5ccccc5n(-c5ccccc5)c34)n2)cc1. The van der Waals surface area contributed by atoms with Gasteiger partial charge in [-0.3, -0.25) is 0 Å². The summed E-state index contributed by atoms with van der Waals surface area (Å²) >= 11 is 0. The zero-order valence-electron chi connectivity index (χ0n) is 24.3. The van der Waals surface area contributed by atoms with Gasteiger partial charge in [-0.1, -0.05) is 127 Å². The predicted molar refractivity (Wildman–Crippen MR) is 185 cm³/mol. The summed E-state index contributed by atoms with van der Waals surface area (Å²) in [6, 6.07) is 55.0. The molecule has 0 unspecified atom stereocenters. The molecule has 0 atom stereocenters. The molecule has 0 radical (unpaired) electrons. The molecule has 0 N–H and O–H groups in total. The van der Waals surface area contributed by atoms with Gasteiger partial charge in [0.2, 0.25) is 0 Å². The Labute approximate surface area is 259 Å². The van der Waals surface area contributed by atoms with Crippen LogP contribution in [0.4, 0.5) is 0 Å². The second kappa shape index (κ2) is 10.2. The minimum absolute atomic E-state index is 0.640. The molecule has 4 heteroatoms. The molecule has 0 amide bonds. The summed E-state index contributed by atoms with van der Waals surface area (Å²) < 4.78 is 2.33. The van der Waals surface area contributed by atoms with E-state index in [2.05, 4.69) is 144 Å². The summed E-state index contributed by atoms with van der Waals surface area (Å²) in [7, 11) is 0. The number of fused-ring (bicyclic) bond motifs is 6. The summed E-state index contributed by atoms with van der Waals surface area (Å²) in [5, 5.41) is 7.01. The summed E-state index contributed by atoms with van der Waals surface area (Å²) in [5.74, 6) is 1.94. The monoisotopic (exact) mass is 574 g/mol. The van der Waals surface area contributed by atoms with Crippen LogP contribution in [0, 0.1) is 0 Å². The van der Waals surface area contributed by atoms with Crippen LogP contribution < -0.4 is 0 Å². The Morgan fingerprint density at radius 3 is 1.76 bits per heavy atom. The predicted octanol–water partition coefficient (Wildman–Crippen LogP) is 10.3. The Balaban J connectivity index is 1.39. The van der Waals surface area contributed by atoms with Crippen LogP contribution in [-0.4, -0.2) is 19.5 Å². The highest BCUT2D eigenvalue weighted by Crippen LogP contribution is 2.39. The van der Waals surface area contributed by atoms with Gasteiger partial charge < -0.3 is 4.57 Å². The Morgan fingerprint density at radius 1 is 0.378 bits per heavy atom. The van der Waals surface area contributed by atoms with Crippen molar-refractivity contribution in [3.63, 3.8) is 0 Å². The Kier molecular flexibility index (Phi) is 5.78. The van der Waals surface area contributed by atoms with Gasteiger partial charge in [-0.05, 0) is 51.9 Å². The lowest BCUT2D eigenvalue weighted by molar-refractivity contribution is 1.07. The van der Waals surface area contributed by atoms with Gasteiger partial charge in [0.25, 0.3) is 0 Å². The van der Waals surface area contributed by atoms with Gasteiger partial charge in [0.15, 0.2) is 17.5 Å². The van der Waals surface area contributed by atoms with E-state index in [-0.39, 0.29) is 0 Å². The molecule has 7 aromatic carbocycles. The first-order valence-corrected chi connectivity index (χ1v) is 15.1. The average molecular weight is 575 g/mol. The summed E-state index contributed by atoms with van der Waals surface area (Å²) in [4.78, 5) is 15.6. The molecule has 4 nitrogen and oxygen atoms in total. The molecular formula is C41H26N4. The van der Waals surface area contributed by atoms with E-state index in [1.54, 1.807) is 0 Å². The van der Waals surface area contributed by atoms with Gasteiger partial charge in [0.1, 0.15) is 0 Å². The van der Waals surface area contributed by atoms with Crippen molar-refractivity contribution in [3.05, 3.63) is 158 Å². The van der Waals surface area contributed by atoms with Crippen LogP contribution in [0.25, 0.3) is 83.2 Å². The standard InChI is InChI=1S/C41H26N4/c1-3-14-27(15-4-1)39-42-40(44-41(43-39)36-26-28-16-7-8-19-30(28)31-20-9-10-21-32(31)36)35-24-13-23-34-33-22-11-12-25-37(33)45(38(34)35)29-17-5-2-6-18-29/h1-26H. The Bertz CT molecular complexity index is 2530. The van der Waals surface area contributed by atoms with Crippen molar-refractivity contribution in [3.8, 4) is 39.9 Å². The van der Waals surface area contributed by atoms with Gasteiger partial charge >= 0.3 is 0 Å². The zero-order chi connectivity index (χ0) is 29.7. The van der Waals surface area contributed by atoms with E-state index < -0.39 is 0 Å². The molecule has 0 aliphatic rings. The first kappa shape index (κ1) is 25.4. The fourth-order valence-electron chi connectivity index (χ4n) is 6.62. The fourth-order valence-corrected chi connectivity index (χ4v) is 6.62. The normalized spacial score (nSPS) is 11.6. The van der Waals surface area contributed by atoms with Crippen molar-refractivity contribution in [2.24, 2.45) is 0 Å². The number of hydrogen-bond acceptors (Lipinski definition) is 3. The fraction of sp³-hybridized carbons (Fsp3) is 0. The van der Waals surface area contributed by atoms with E-state index in [4.69, 9.17) is 15.0 Å². The molecule has 2 aromatic heterocycles. The van der Waals surface area contributed by atoms with E-state index in [1.807, 2.05) is 18.2 Å². The van der Waals surface area contributed by atoms with Crippen LogP contribution >= 0.6 is 0 Å². The maximum Gasteiger partial charge on any atom is 0.166 e. The van der Waals surface area contributed by atoms with E-state index >= 15 is 0 Å². The maximum atomic E-state index is 5.28. The first-order chi connectivity index (χ1) is 22.3. The molecule has 0 saturated heterocycles. The molecule has 9 rings (SSSR count). The summed E-state index contributed by atoms with van der Waals surface area (Å²) in [5.41, 5.74) is 6.20. The van der Waals surface area contributed by atoms with E-state index in [0.717, 1.165) is 49.6 Å². The highest BCUT2D eigenvalue weighted by atomic mass is 15.0. The highest BCUT2D eigenvalue weighted by molar-refractivity contribution is 6.14. The molecular weight excluding hydrogens is 548 g/mol. The number of rotatable bonds is 4. The number of nitrogens with zero attached hydrogens (tertiary/aromatic N) is 4. The van der Waals surface area contributed by atoms with Crippen LogP contribution in [-0.2, 0) is 0 Å². The van der Waals surface area contributed by atoms with Crippen molar-refractivity contribution < 1.29 is 0 Å². The molecule has 0 aliphatic carbocycles. The van der Waals surface area contributed by atoms with Crippen molar-refractivity contribution in [1.29, 1.82) is 0 Å². The Morgan fingerprint density at radius 2 is 0.956 bits per heavy atom. The van der Waals surface area contributed by atoms with Gasteiger partial charge in [-0.15, -0.1) is 0 Å². The summed E-state index contributed by atoms with van der Waals surface area (Å²) in [6.07, 6.45) is 0. The van der Waals surface area contributed by atoms with Gasteiger partial charge in [-0.2, -0.15) is 0 Å². The van der Waals surface area contributed by atoms with Gasteiger partial charge in [0.05, 0.1) is 11.0 Å². The van der Waals surface area contributed by atoms with Crippen LogP contribution in [0.3, 0.4) is 0 Å². The molecule has 0 fully saturated rings. The molecule has 0 aliphatic heterocycles. The maximum absolute atomic E-state index is 5.28. The van der Waals surface area contributed by atoms with E-state index in [0.29, 0.717) is 17.5 Å². The van der Waals surface area contributed by atoms with Crippen LogP contribution in [0.2, 0.25) is 0 Å². The largest absolute Gasteiger partial charge is 0.309 e. The lowest BCUT2D eigenvalue weighted by atomic mass is 9.97. The van der Waals surface area contributed by atoms with Gasteiger partial charge in [-0.25, -0.2) is 15.0 Å². The molecule has 45 heavy (non-hydrogen) atoms. The lowest BCUT2D eigenvalue weighted by Crippen LogP contribution is -2.02. The molecule has 9 aromatic rings. The molecule has 0 bridgehead atoms. The quantitative estimate of drug-likeness (QED) is 0.196. The topological polar surface area (TPSA) is 43.6 Å². The minimum Gasteiger partial charge on any atom is -0.309 e. The lowest BCUT2D eigenvalue weighted by Gasteiger charge is -2.14. The van der Waals surface area contributed by atoms with Crippen molar-refractivity contribution >= 4 is 43.4 Å². The third-order valence-corrected chi connectivity index (χ3v) is 8.63. The van der Waals surface area contributed by atoms with Crippen molar-refractivity contribution in [2.75, 3.05) is 0 Å². The first-order valence-electron chi connectivity index (χ1n) is 15.1. The zero-order valence-corrected chi connectivity index (χ0v) is 24.3. The Hall–Kier alpha value is -6.13. The molecule has 0 spiro atoms. The van der Waals surface area contributed by atoms with Gasteiger partial charge in [0, 0.05) is 33.2 Å². The van der Waals surface area contributed by atoms with E-state index in [1.165, 1.54) is 16.2 Å². The smallest absolute Gasteiger partial charge is 0.166 e. The van der Waals surface area contributed by atoms with Crippen molar-refractivity contribution in [2.45, 2.75) is 0 Å². The number of benzene rings is 7. The van der Waals surface area contributed by atoms with Crippen LogP contribution in [0.1, 0.15) is 0 Å². The molecule has 2 heterocycles. The second-order valence-electron chi connectivity index (χ2n) is 11.3. The third kappa shape index (κ3) is 4.11. The average Bonchev–Trinajstić information content (AvgIpc) is 3.46. The van der Waals surface area contributed by atoms with Crippen LogP contribution in [0.15, 0.2) is 158 Å². The number of hydrogen-bond donors (Lipinski definition) is 0. The van der Waals surface area contributed by atoms with E-state index in [9.17, 15) is 0 Å². The highest BCUT2D eigenvalue weighted by Gasteiger charge is 2.20. The third-order valence-electron chi connectivity index (χ3n) is 8.63. The molecule has 0 saturated carbocycles. The molecule has 210 valence electrons. The van der Waals surface area contributed by atoms with Crippen molar-refractivity contribution in [1.82, 2.24) is 19.5 Å². The minimum atomic E-state index is 0.640. The number of para-hydroxylation sites is 3.